The van der Waals surface area contributed by atoms with E-state index in [2.05, 4.69) is 101 Å². The molecular formula is C22H15BN2. The lowest BCUT2D eigenvalue weighted by atomic mass is 9.47. The monoisotopic (exact) mass is 318 g/mol. The molecule has 6 rings (SSSR count). The topological polar surface area (TPSA) is 8.17 Å². The minimum Gasteiger partial charge on any atom is -0.374 e. The SMILES string of the molecule is c1ccc2c(c1)B1c3cccn3-c3ccccc3N1c1ccccc1-2. The quantitative estimate of drug-likeness (QED) is 0.449. The molecule has 2 aliphatic heterocycles. The van der Waals surface area contributed by atoms with Crippen LogP contribution in [0.1, 0.15) is 0 Å². The van der Waals surface area contributed by atoms with Crippen LogP contribution in [0.4, 0.5) is 11.4 Å². The van der Waals surface area contributed by atoms with E-state index in [-0.39, 0.29) is 6.85 Å². The van der Waals surface area contributed by atoms with E-state index in [1.54, 1.807) is 0 Å². The zero-order valence-electron chi connectivity index (χ0n) is 13.6. The maximum absolute atomic E-state index is 2.50. The number of nitrogens with zero attached hydrogens (tertiary/aromatic N) is 2. The second kappa shape index (κ2) is 4.67. The first-order chi connectivity index (χ1) is 12.4. The molecule has 0 fully saturated rings. The number of fused-ring (bicyclic) bond motifs is 11. The smallest absolute Gasteiger partial charge is 0.346 e. The van der Waals surface area contributed by atoms with Gasteiger partial charge in [0.15, 0.2) is 0 Å². The van der Waals surface area contributed by atoms with Crippen molar-refractivity contribution in [1.82, 2.24) is 4.57 Å². The Kier molecular flexibility index (Phi) is 2.45. The first-order valence-corrected chi connectivity index (χ1v) is 8.68. The van der Waals surface area contributed by atoms with E-state index in [0.717, 1.165) is 0 Å². The second-order valence-corrected chi connectivity index (χ2v) is 6.67. The number of rotatable bonds is 0. The van der Waals surface area contributed by atoms with Gasteiger partial charge >= 0.3 is 6.85 Å². The van der Waals surface area contributed by atoms with Crippen molar-refractivity contribution < 1.29 is 0 Å². The van der Waals surface area contributed by atoms with Crippen molar-refractivity contribution in [2.45, 2.75) is 0 Å². The minimum atomic E-state index is 0.205. The maximum Gasteiger partial charge on any atom is 0.346 e. The van der Waals surface area contributed by atoms with Crippen LogP contribution < -0.4 is 15.9 Å². The zero-order chi connectivity index (χ0) is 16.4. The number of hydrogen-bond donors (Lipinski definition) is 0. The molecule has 3 heteroatoms. The zero-order valence-corrected chi connectivity index (χ0v) is 13.6. The molecule has 0 saturated heterocycles. The normalized spacial score (nSPS) is 13.4. The maximum atomic E-state index is 2.50. The number of para-hydroxylation sites is 3. The van der Waals surface area contributed by atoms with Crippen LogP contribution in [0, 0.1) is 0 Å². The highest BCUT2D eigenvalue weighted by atomic mass is 15.2. The summed E-state index contributed by atoms with van der Waals surface area (Å²) in [5.74, 6) is 0. The van der Waals surface area contributed by atoms with Crippen LogP contribution in [0.3, 0.4) is 0 Å². The van der Waals surface area contributed by atoms with Crippen molar-refractivity contribution in [3.8, 4) is 16.8 Å². The molecule has 0 unspecified atom stereocenters. The number of hydrogen-bond acceptors (Lipinski definition) is 1. The average Bonchev–Trinajstić information content (AvgIpc) is 3.17. The Morgan fingerprint density at radius 2 is 1.24 bits per heavy atom. The average molecular weight is 318 g/mol. The van der Waals surface area contributed by atoms with E-state index >= 15 is 0 Å². The highest BCUT2D eigenvalue weighted by Crippen LogP contribution is 2.42. The summed E-state index contributed by atoms with van der Waals surface area (Å²) in [6.07, 6.45) is 2.18. The van der Waals surface area contributed by atoms with Crippen molar-refractivity contribution in [3.05, 3.63) is 91.1 Å². The predicted octanol–water partition coefficient (Wildman–Crippen LogP) is 3.72. The molecule has 0 aliphatic carbocycles. The Hall–Kier alpha value is -3.20. The van der Waals surface area contributed by atoms with E-state index in [0.29, 0.717) is 0 Å². The molecule has 0 amide bonds. The van der Waals surface area contributed by atoms with Crippen LogP contribution in [0.2, 0.25) is 0 Å². The van der Waals surface area contributed by atoms with Crippen molar-refractivity contribution in [2.75, 3.05) is 4.81 Å². The summed E-state index contributed by atoms with van der Waals surface area (Å²) in [7, 11) is 0. The molecule has 3 aromatic carbocycles. The summed E-state index contributed by atoms with van der Waals surface area (Å²) >= 11 is 0. The Labute approximate surface area is 147 Å². The number of aromatic nitrogens is 1. The standard InChI is InChI=1S/C22H15BN2/c1-3-10-18-16(8-1)17-9-2-4-11-19(17)25-21-13-6-5-12-20(21)24-15-7-14-22(24)23(18)25/h1-15H. The van der Waals surface area contributed by atoms with Crippen molar-refractivity contribution >= 4 is 29.3 Å². The van der Waals surface area contributed by atoms with Crippen molar-refractivity contribution in [3.63, 3.8) is 0 Å². The molecule has 116 valence electrons. The van der Waals surface area contributed by atoms with Gasteiger partial charge in [-0.25, -0.2) is 0 Å². The third-order valence-electron chi connectivity index (χ3n) is 5.43. The number of benzene rings is 3. The largest absolute Gasteiger partial charge is 0.374 e. The van der Waals surface area contributed by atoms with Crippen molar-refractivity contribution in [1.29, 1.82) is 0 Å². The van der Waals surface area contributed by atoms with Gasteiger partial charge in [-0.3, -0.25) is 0 Å². The third kappa shape index (κ3) is 1.60. The predicted molar refractivity (Wildman–Crippen MR) is 105 cm³/mol. The van der Waals surface area contributed by atoms with Crippen LogP contribution in [0.5, 0.6) is 0 Å². The van der Waals surface area contributed by atoms with Gasteiger partial charge in [-0.15, -0.1) is 0 Å². The first kappa shape index (κ1) is 13.1. The molecule has 0 N–H and O–H groups in total. The summed E-state index contributed by atoms with van der Waals surface area (Å²) in [5.41, 5.74) is 9.13. The highest BCUT2D eigenvalue weighted by Gasteiger charge is 2.41. The molecule has 0 atom stereocenters. The van der Waals surface area contributed by atoms with Crippen molar-refractivity contribution in [2.24, 2.45) is 0 Å². The van der Waals surface area contributed by atoms with Gasteiger partial charge in [0.2, 0.25) is 0 Å². The van der Waals surface area contributed by atoms with E-state index in [9.17, 15) is 0 Å². The third-order valence-corrected chi connectivity index (χ3v) is 5.43. The second-order valence-electron chi connectivity index (χ2n) is 6.67. The molecule has 2 aliphatic rings. The van der Waals surface area contributed by atoms with Gasteiger partial charge in [0, 0.05) is 23.0 Å². The molecule has 25 heavy (non-hydrogen) atoms. The lowest BCUT2D eigenvalue weighted by Crippen LogP contribution is -2.61. The van der Waals surface area contributed by atoms with Gasteiger partial charge < -0.3 is 9.38 Å². The summed E-state index contributed by atoms with van der Waals surface area (Å²) in [6.45, 7) is 0.205. The van der Waals surface area contributed by atoms with E-state index in [4.69, 9.17) is 0 Å². The summed E-state index contributed by atoms with van der Waals surface area (Å²) in [5, 5.41) is 0. The Balaban J connectivity index is 1.77. The Morgan fingerprint density at radius 3 is 2.12 bits per heavy atom. The summed E-state index contributed by atoms with van der Waals surface area (Å²) < 4.78 is 2.33. The molecule has 2 nitrogen and oxygen atoms in total. The molecule has 1 aromatic heterocycles. The fraction of sp³-hybridized carbons (Fsp3) is 0. The van der Waals surface area contributed by atoms with Gasteiger partial charge in [-0.2, -0.15) is 0 Å². The van der Waals surface area contributed by atoms with Crippen LogP contribution in [0.25, 0.3) is 16.8 Å². The molecule has 3 heterocycles. The van der Waals surface area contributed by atoms with E-state index in [1.165, 1.54) is 39.2 Å². The highest BCUT2D eigenvalue weighted by molar-refractivity contribution is 6.91. The first-order valence-electron chi connectivity index (χ1n) is 8.68. The molecule has 0 saturated carbocycles. The van der Waals surface area contributed by atoms with E-state index < -0.39 is 0 Å². The molecule has 0 bridgehead atoms. The van der Waals surface area contributed by atoms with Gasteiger partial charge in [0.1, 0.15) is 0 Å². The molecule has 0 radical (unpaired) electrons. The summed E-state index contributed by atoms with van der Waals surface area (Å²) in [6, 6.07) is 30.7. The molecular weight excluding hydrogens is 303 g/mol. The Morgan fingerprint density at radius 1 is 0.560 bits per heavy atom. The van der Waals surface area contributed by atoms with Gasteiger partial charge in [0.25, 0.3) is 0 Å². The summed E-state index contributed by atoms with van der Waals surface area (Å²) in [4.78, 5) is 2.50. The van der Waals surface area contributed by atoms with Gasteiger partial charge in [-0.1, -0.05) is 54.6 Å². The fourth-order valence-corrected chi connectivity index (χ4v) is 4.44. The number of anilines is 2. The Bertz CT molecular complexity index is 1130. The van der Waals surface area contributed by atoms with Crippen LogP contribution in [0.15, 0.2) is 91.1 Å². The lowest BCUT2D eigenvalue weighted by molar-refractivity contribution is 1.08. The van der Waals surface area contributed by atoms with E-state index in [1.807, 2.05) is 0 Å². The fourth-order valence-electron chi connectivity index (χ4n) is 4.44. The van der Waals surface area contributed by atoms with Crippen LogP contribution in [-0.2, 0) is 0 Å². The van der Waals surface area contributed by atoms with Crippen LogP contribution >= 0.6 is 0 Å². The lowest BCUT2D eigenvalue weighted by Gasteiger charge is -2.42. The minimum absolute atomic E-state index is 0.205. The van der Waals surface area contributed by atoms with Crippen LogP contribution in [-0.4, -0.2) is 11.4 Å². The molecule has 4 aromatic rings. The molecule has 0 spiro atoms. The van der Waals surface area contributed by atoms with Gasteiger partial charge in [-0.05, 0) is 41.4 Å². The van der Waals surface area contributed by atoms with Gasteiger partial charge in [0.05, 0.1) is 11.4 Å².